The molecule has 0 bridgehead atoms. The fourth-order valence-corrected chi connectivity index (χ4v) is 3.73. The smallest absolute Gasteiger partial charge is 0.331 e. The van der Waals surface area contributed by atoms with E-state index in [1.165, 1.54) is 27.9 Å². The number of fused-ring (bicyclic) bond motifs is 3. The summed E-state index contributed by atoms with van der Waals surface area (Å²) >= 11 is 0. The van der Waals surface area contributed by atoms with Crippen molar-refractivity contribution >= 4 is 33.9 Å². The molecule has 1 unspecified atom stereocenters. The van der Waals surface area contributed by atoms with Crippen LogP contribution in [0.25, 0.3) is 27.9 Å². The predicted molar refractivity (Wildman–Crippen MR) is 120 cm³/mol. The maximum atomic E-state index is 12.1. The third kappa shape index (κ3) is 3.95. The third-order valence-corrected chi connectivity index (χ3v) is 5.40. The number of carbonyl (C=O) groups excluding carboxylic acids is 1. The maximum Gasteiger partial charge on any atom is 0.331 e. The topological polar surface area (TPSA) is 31.2 Å². The van der Waals surface area contributed by atoms with Crippen LogP contribution in [0.3, 0.4) is 0 Å². The molecule has 0 aliphatic heterocycles. The molecule has 146 valence electrons. The fraction of sp³-hybridized carbons (Fsp3) is 0.192. The zero-order chi connectivity index (χ0) is 20.2. The first-order valence-corrected chi connectivity index (χ1v) is 10.1. The quantitative estimate of drug-likeness (QED) is 0.280. The summed E-state index contributed by atoms with van der Waals surface area (Å²) in [6.07, 6.45) is 4.31. The van der Waals surface area contributed by atoms with Gasteiger partial charge in [-0.05, 0) is 48.7 Å². The SMILES string of the molecule is CCC(C)n1c2ccccc2c2cc(COC(=O)/C=C/c3ccccc3)ccc21. The molecule has 0 saturated carbocycles. The van der Waals surface area contributed by atoms with Gasteiger partial charge in [0.15, 0.2) is 0 Å². The van der Waals surface area contributed by atoms with Crippen molar-refractivity contribution in [3.63, 3.8) is 0 Å². The van der Waals surface area contributed by atoms with Gasteiger partial charge in [-0.15, -0.1) is 0 Å². The molecule has 0 radical (unpaired) electrons. The summed E-state index contributed by atoms with van der Waals surface area (Å²) in [6.45, 7) is 4.72. The van der Waals surface area contributed by atoms with Crippen molar-refractivity contribution in [2.24, 2.45) is 0 Å². The number of nitrogens with zero attached hydrogens (tertiary/aromatic N) is 1. The van der Waals surface area contributed by atoms with Crippen LogP contribution < -0.4 is 0 Å². The molecule has 1 heterocycles. The average molecular weight is 383 g/mol. The van der Waals surface area contributed by atoms with E-state index in [9.17, 15) is 4.79 Å². The van der Waals surface area contributed by atoms with Gasteiger partial charge in [-0.3, -0.25) is 0 Å². The first kappa shape index (κ1) is 19.0. The van der Waals surface area contributed by atoms with Crippen LogP contribution in [0, 0.1) is 0 Å². The van der Waals surface area contributed by atoms with Gasteiger partial charge in [0.05, 0.1) is 0 Å². The lowest BCUT2D eigenvalue weighted by Crippen LogP contribution is -2.03. The molecule has 4 rings (SSSR count). The highest BCUT2D eigenvalue weighted by Crippen LogP contribution is 2.33. The Hall–Kier alpha value is -3.33. The largest absolute Gasteiger partial charge is 0.458 e. The first-order valence-electron chi connectivity index (χ1n) is 10.1. The minimum atomic E-state index is -0.337. The van der Waals surface area contributed by atoms with E-state index in [2.05, 4.69) is 54.8 Å². The summed E-state index contributed by atoms with van der Waals surface area (Å²) in [4.78, 5) is 12.1. The van der Waals surface area contributed by atoms with Gasteiger partial charge in [-0.1, -0.05) is 61.5 Å². The monoisotopic (exact) mass is 383 g/mol. The molecule has 0 fully saturated rings. The van der Waals surface area contributed by atoms with Crippen molar-refractivity contribution in [2.45, 2.75) is 32.9 Å². The van der Waals surface area contributed by atoms with E-state index in [0.717, 1.165) is 17.5 Å². The summed E-state index contributed by atoms with van der Waals surface area (Å²) in [5, 5.41) is 2.44. The highest BCUT2D eigenvalue weighted by atomic mass is 16.5. The normalized spacial score (nSPS) is 12.6. The van der Waals surface area contributed by atoms with E-state index in [-0.39, 0.29) is 12.6 Å². The summed E-state index contributed by atoms with van der Waals surface area (Å²) in [5.74, 6) is -0.337. The van der Waals surface area contributed by atoms with Gasteiger partial charge in [-0.25, -0.2) is 4.79 Å². The minimum Gasteiger partial charge on any atom is -0.458 e. The van der Waals surface area contributed by atoms with Gasteiger partial charge >= 0.3 is 5.97 Å². The molecule has 0 saturated heterocycles. The number of ether oxygens (including phenoxy) is 1. The van der Waals surface area contributed by atoms with Crippen LogP contribution in [-0.4, -0.2) is 10.5 Å². The van der Waals surface area contributed by atoms with Crippen molar-refractivity contribution in [1.29, 1.82) is 0 Å². The molecule has 3 heteroatoms. The molecule has 0 aliphatic rings. The van der Waals surface area contributed by atoms with E-state index in [1.54, 1.807) is 6.08 Å². The van der Waals surface area contributed by atoms with Crippen molar-refractivity contribution < 1.29 is 9.53 Å². The lowest BCUT2D eigenvalue weighted by atomic mass is 10.1. The Morgan fingerprint density at radius 1 is 0.966 bits per heavy atom. The number of esters is 1. The molecule has 0 aliphatic carbocycles. The van der Waals surface area contributed by atoms with Crippen LogP contribution in [0.4, 0.5) is 0 Å². The van der Waals surface area contributed by atoms with Crippen LogP contribution >= 0.6 is 0 Å². The van der Waals surface area contributed by atoms with E-state index in [0.29, 0.717) is 6.04 Å². The second-order valence-electron chi connectivity index (χ2n) is 7.35. The highest BCUT2D eigenvalue weighted by molar-refractivity contribution is 6.08. The highest BCUT2D eigenvalue weighted by Gasteiger charge is 2.14. The van der Waals surface area contributed by atoms with Crippen molar-refractivity contribution in [3.8, 4) is 0 Å². The van der Waals surface area contributed by atoms with E-state index in [1.807, 2.05) is 36.4 Å². The van der Waals surface area contributed by atoms with Crippen LogP contribution in [0.1, 0.15) is 37.4 Å². The van der Waals surface area contributed by atoms with Crippen molar-refractivity contribution in [2.75, 3.05) is 0 Å². The molecule has 1 atom stereocenters. The molecule has 0 amide bonds. The zero-order valence-electron chi connectivity index (χ0n) is 16.8. The molecule has 0 N–H and O–H groups in total. The van der Waals surface area contributed by atoms with Gasteiger partial charge < -0.3 is 9.30 Å². The van der Waals surface area contributed by atoms with Crippen LogP contribution in [-0.2, 0) is 16.1 Å². The Kier molecular flexibility index (Phi) is 5.48. The fourth-order valence-electron chi connectivity index (χ4n) is 3.73. The summed E-state index contributed by atoms with van der Waals surface area (Å²) in [7, 11) is 0. The standard InChI is InChI=1S/C26H25NO2/c1-3-19(2)27-24-12-8-7-11-22(24)23-17-21(13-15-25(23)27)18-29-26(28)16-14-20-9-5-4-6-10-20/h4-17,19H,3,18H2,1-2H3/b16-14+. The van der Waals surface area contributed by atoms with Crippen LogP contribution in [0.5, 0.6) is 0 Å². The van der Waals surface area contributed by atoms with E-state index < -0.39 is 0 Å². The van der Waals surface area contributed by atoms with Gasteiger partial charge in [0.25, 0.3) is 0 Å². The summed E-state index contributed by atoms with van der Waals surface area (Å²) in [6, 6.07) is 25.0. The number of hydrogen-bond donors (Lipinski definition) is 0. The van der Waals surface area contributed by atoms with E-state index >= 15 is 0 Å². The van der Waals surface area contributed by atoms with Crippen LogP contribution in [0.2, 0.25) is 0 Å². The molecule has 0 spiro atoms. The number of hydrogen-bond acceptors (Lipinski definition) is 2. The Labute approximate surface area is 171 Å². The van der Waals surface area contributed by atoms with Gasteiger partial charge in [-0.2, -0.15) is 0 Å². The predicted octanol–water partition coefficient (Wildman–Crippen LogP) is 6.52. The Morgan fingerprint density at radius 2 is 1.69 bits per heavy atom. The van der Waals surface area contributed by atoms with Crippen molar-refractivity contribution in [1.82, 2.24) is 4.57 Å². The number of aromatic nitrogens is 1. The minimum absolute atomic E-state index is 0.261. The second-order valence-corrected chi connectivity index (χ2v) is 7.35. The Morgan fingerprint density at radius 3 is 2.48 bits per heavy atom. The molecule has 1 aromatic heterocycles. The number of rotatable bonds is 6. The van der Waals surface area contributed by atoms with Gasteiger partial charge in [0, 0.05) is 33.9 Å². The summed E-state index contributed by atoms with van der Waals surface area (Å²) < 4.78 is 7.86. The first-order chi connectivity index (χ1) is 14.2. The molecule has 3 nitrogen and oxygen atoms in total. The molecular formula is C26H25NO2. The maximum absolute atomic E-state index is 12.1. The third-order valence-electron chi connectivity index (χ3n) is 5.40. The lowest BCUT2D eigenvalue weighted by Gasteiger charge is -2.14. The van der Waals surface area contributed by atoms with Crippen LogP contribution in [0.15, 0.2) is 78.9 Å². The number of carbonyl (C=O) groups is 1. The molecule has 29 heavy (non-hydrogen) atoms. The second kappa shape index (κ2) is 8.36. The summed E-state index contributed by atoms with van der Waals surface area (Å²) in [5.41, 5.74) is 4.44. The molecule has 3 aromatic carbocycles. The van der Waals surface area contributed by atoms with E-state index in [4.69, 9.17) is 4.74 Å². The van der Waals surface area contributed by atoms with Gasteiger partial charge in [0.1, 0.15) is 6.61 Å². The average Bonchev–Trinajstić information content (AvgIpc) is 3.10. The van der Waals surface area contributed by atoms with Crippen molar-refractivity contribution in [3.05, 3.63) is 90.0 Å². The molecule has 4 aromatic rings. The Balaban J connectivity index is 1.57. The Bertz CT molecular complexity index is 1170. The van der Waals surface area contributed by atoms with Gasteiger partial charge in [0.2, 0.25) is 0 Å². The number of para-hydroxylation sites is 1. The molecular weight excluding hydrogens is 358 g/mol. The number of benzene rings is 3. The zero-order valence-corrected chi connectivity index (χ0v) is 16.8. The lowest BCUT2D eigenvalue weighted by molar-refractivity contribution is -0.138.